The van der Waals surface area contributed by atoms with Crippen LogP contribution in [0.2, 0.25) is 0 Å². The Morgan fingerprint density at radius 2 is 1.91 bits per heavy atom. The van der Waals surface area contributed by atoms with Gasteiger partial charge >= 0.3 is 0 Å². The molecule has 0 aliphatic heterocycles. The third-order valence-electron chi connectivity index (χ3n) is 3.30. The zero-order chi connectivity index (χ0) is 17.0. The van der Waals surface area contributed by atoms with Crippen molar-refractivity contribution in [2.75, 3.05) is 19.5 Å². The van der Waals surface area contributed by atoms with Crippen LogP contribution in [0.25, 0.3) is 0 Å². The van der Waals surface area contributed by atoms with Crippen molar-refractivity contribution in [3.8, 4) is 11.5 Å². The molecule has 0 fully saturated rings. The van der Waals surface area contributed by atoms with E-state index in [2.05, 4.69) is 31.1 Å². The van der Waals surface area contributed by atoms with Gasteiger partial charge in [0.05, 0.1) is 26.3 Å². The molecule has 0 radical (unpaired) electrons. The third kappa shape index (κ3) is 4.45. The zero-order valence-corrected chi connectivity index (χ0v) is 14.9. The van der Waals surface area contributed by atoms with E-state index in [1.54, 1.807) is 32.4 Å². The molecule has 124 valence electrons. The van der Waals surface area contributed by atoms with E-state index in [1.165, 1.54) is 11.3 Å². The van der Waals surface area contributed by atoms with E-state index in [-0.39, 0.29) is 17.7 Å². The van der Waals surface area contributed by atoms with Crippen molar-refractivity contribution in [2.24, 2.45) is 0 Å². The lowest BCUT2D eigenvalue weighted by Gasteiger charge is -2.14. The van der Waals surface area contributed by atoms with Gasteiger partial charge in [-0.3, -0.25) is 4.79 Å². The number of hydrogen-bond donors (Lipinski definition) is 1. The molecule has 1 amide bonds. The summed E-state index contributed by atoms with van der Waals surface area (Å²) >= 11 is 1.51. The van der Waals surface area contributed by atoms with Gasteiger partial charge in [0.2, 0.25) is 5.91 Å². The largest absolute Gasteiger partial charge is 0.493 e. The molecule has 0 saturated carbocycles. The Balaban J connectivity index is 2.03. The van der Waals surface area contributed by atoms with Crippen molar-refractivity contribution in [3.05, 3.63) is 34.3 Å². The molecule has 23 heavy (non-hydrogen) atoms. The molecule has 0 bridgehead atoms. The Morgan fingerprint density at radius 1 is 1.22 bits per heavy atom. The van der Waals surface area contributed by atoms with Gasteiger partial charge in [0.15, 0.2) is 11.5 Å². The maximum absolute atomic E-state index is 12.2. The Labute approximate surface area is 140 Å². The Morgan fingerprint density at radius 3 is 2.48 bits per heavy atom. The minimum absolute atomic E-state index is 0.00538. The van der Waals surface area contributed by atoms with Crippen LogP contribution in [0.4, 0.5) is 5.69 Å². The van der Waals surface area contributed by atoms with E-state index in [9.17, 15) is 4.79 Å². The Kier molecular flexibility index (Phi) is 5.26. The number of benzene rings is 1. The summed E-state index contributed by atoms with van der Waals surface area (Å²) in [4.78, 5) is 16.7. The molecule has 1 aromatic heterocycles. The molecule has 0 aliphatic carbocycles. The number of carbonyl (C=O) groups is 1. The number of nitrogens with zero attached hydrogens (tertiary/aromatic N) is 1. The standard InChI is InChI=1S/C17H22N2O3S/c1-17(2,3)14-10-23-16(19-14)9-15(20)18-11-6-7-12(21-4)13(8-11)22-5/h6-8,10H,9H2,1-5H3,(H,18,20). The number of nitrogens with one attached hydrogen (secondary N) is 1. The second-order valence-electron chi connectivity index (χ2n) is 6.17. The van der Waals surface area contributed by atoms with E-state index >= 15 is 0 Å². The highest BCUT2D eigenvalue weighted by atomic mass is 32.1. The van der Waals surface area contributed by atoms with Crippen molar-refractivity contribution in [3.63, 3.8) is 0 Å². The normalized spacial score (nSPS) is 11.2. The van der Waals surface area contributed by atoms with Crippen molar-refractivity contribution in [1.82, 2.24) is 4.98 Å². The molecular weight excluding hydrogens is 312 g/mol. The van der Waals surface area contributed by atoms with Gasteiger partial charge in [-0.25, -0.2) is 4.98 Å². The molecule has 1 aromatic carbocycles. The summed E-state index contributed by atoms with van der Waals surface area (Å²) in [5.41, 5.74) is 1.67. The molecule has 0 aliphatic rings. The Hall–Kier alpha value is -2.08. The highest BCUT2D eigenvalue weighted by molar-refractivity contribution is 7.09. The average Bonchev–Trinajstić information content (AvgIpc) is 2.95. The van der Waals surface area contributed by atoms with Gasteiger partial charge in [0.25, 0.3) is 0 Å². The number of rotatable bonds is 5. The molecule has 2 rings (SSSR count). The van der Waals surface area contributed by atoms with Crippen LogP contribution in [0.5, 0.6) is 11.5 Å². The number of aromatic nitrogens is 1. The fourth-order valence-corrected chi connectivity index (χ4v) is 3.01. The van der Waals surface area contributed by atoms with E-state index in [4.69, 9.17) is 9.47 Å². The molecule has 1 heterocycles. The highest BCUT2D eigenvalue weighted by Gasteiger charge is 2.18. The van der Waals surface area contributed by atoms with Crippen LogP contribution in [0.3, 0.4) is 0 Å². The van der Waals surface area contributed by atoms with Gasteiger partial charge in [0.1, 0.15) is 5.01 Å². The summed E-state index contributed by atoms with van der Waals surface area (Å²) in [5, 5.41) is 5.68. The quantitative estimate of drug-likeness (QED) is 0.907. The molecule has 6 heteroatoms. The number of anilines is 1. The maximum atomic E-state index is 12.2. The summed E-state index contributed by atoms with van der Waals surface area (Å²) in [6.45, 7) is 6.32. The van der Waals surface area contributed by atoms with Crippen LogP contribution in [-0.2, 0) is 16.6 Å². The zero-order valence-electron chi connectivity index (χ0n) is 14.1. The van der Waals surface area contributed by atoms with Crippen LogP contribution in [-0.4, -0.2) is 25.1 Å². The van der Waals surface area contributed by atoms with Gasteiger partial charge in [-0.2, -0.15) is 0 Å². The molecule has 2 aromatic rings. The van der Waals surface area contributed by atoms with E-state index in [0.29, 0.717) is 17.2 Å². The predicted molar refractivity (Wildman–Crippen MR) is 92.7 cm³/mol. The first kappa shape index (κ1) is 17.3. The molecule has 5 nitrogen and oxygen atoms in total. The monoisotopic (exact) mass is 334 g/mol. The van der Waals surface area contributed by atoms with Crippen LogP contribution < -0.4 is 14.8 Å². The van der Waals surface area contributed by atoms with Gasteiger partial charge in [-0.15, -0.1) is 11.3 Å². The van der Waals surface area contributed by atoms with Gasteiger partial charge < -0.3 is 14.8 Å². The maximum Gasteiger partial charge on any atom is 0.231 e. The topological polar surface area (TPSA) is 60.5 Å². The average molecular weight is 334 g/mol. The minimum atomic E-state index is -0.105. The van der Waals surface area contributed by atoms with Gasteiger partial charge in [-0.05, 0) is 12.1 Å². The lowest BCUT2D eigenvalue weighted by Crippen LogP contribution is -2.15. The summed E-state index contributed by atoms with van der Waals surface area (Å²) in [7, 11) is 3.14. The molecule has 0 unspecified atom stereocenters. The SMILES string of the molecule is COc1ccc(NC(=O)Cc2nc(C(C)(C)C)cs2)cc1OC. The molecule has 0 atom stereocenters. The van der Waals surface area contributed by atoms with Crippen LogP contribution in [0.1, 0.15) is 31.5 Å². The minimum Gasteiger partial charge on any atom is -0.493 e. The smallest absolute Gasteiger partial charge is 0.231 e. The third-order valence-corrected chi connectivity index (χ3v) is 4.15. The molecule has 0 saturated heterocycles. The summed E-state index contributed by atoms with van der Waals surface area (Å²) in [6.07, 6.45) is 0.259. The summed E-state index contributed by atoms with van der Waals surface area (Å²) in [5.74, 6) is 1.10. The second kappa shape index (κ2) is 7.00. The van der Waals surface area contributed by atoms with Crippen LogP contribution >= 0.6 is 11.3 Å². The van der Waals surface area contributed by atoms with Gasteiger partial charge in [0, 0.05) is 22.5 Å². The number of thiazole rings is 1. The summed E-state index contributed by atoms with van der Waals surface area (Å²) < 4.78 is 10.4. The van der Waals surface area contributed by atoms with E-state index in [0.717, 1.165) is 10.7 Å². The number of ether oxygens (including phenoxy) is 2. The lowest BCUT2D eigenvalue weighted by atomic mass is 9.93. The molecule has 0 spiro atoms. The van der Waals surface area contributed by atoms with Crippen LogP contribution in [0.15, 0.2) is 23.6 Å². The fourth-order valence-electron chi connectivity index (χ4n) is 1.99. The van der Waals surface area contributed by atoms with Crippen molar-refractivity contribution >= 4 is 22.9 Å². The lowest BCUT2D eigenvalue weighted by molar-refractivity contribution is -0.115. The molecular formula is C17H22N2O3S. The van der Waals surface area contributed by atoms with Gasteiger partial charge in [-0.1, -0.05) is 20.8 Å². The van der Waals surface area contributed by atoms with E-state index in [1.807, 2.05) is 5.38 Å². The fraction of sp³-hybridized carbons (Fsp3) is 0.412. The van der Waals surface area contributed by atoms with Crippen molar-refractivity contribution < 1.29 is 14.3 Å². The van der Waals surface area contributed by atoms with Crippen LogP contribution in [0, 0.1) is 0 Å². The Bertz CT molecular complexity index is 689. The first-order valence-electron chi connectivity index (χ1n) is 7.30. The number of carbonyl (C=O) groups excluding carboxylic acids is 1. The molecule has 1 N–H and O–H groups in total. The van der Waals surface area contributed by atoms with Crippen molar-refractivity contribution in [1.29, 1.82) is 0 Å². The number of amides is 1. The first-order chi connectivity index (χ1) is 10.8. The first-order valence-corrected chi connectivity index (χ1v) is 8.18. The number of hydrogen-bond acceptors (Lipinski definition) is 5. The highest BCUT2D eigenvalue weighted by Crippen LogP contribution is 2.30. The second-order valence-corrected chi connectivity index (χ2v) is 7.11. The van der Waals surface area contributed by atoms with Crippen molar-refractivity contribution in [2.45, 2.75) is 32.6 Å². The predicted octanol–water partition coefficient (Wildman–Crippen LogP) is 3.64. The van der Waals surface area contributed by atoms with E-state index < -0.39 is 0 Å². The number of methoxy groups -OCH3 is 2. The summed E-state index contributed by atoms with van der Waals surface area (Å²) in [6, 6.07) is 5.27.